The first-order valence-electron chi connectivity index (χ1n) is 5.09. The lowest BCUT2D eigenvalue weighted by atomic mass is 10.2. The number of nitrogen functional groups attached to an aromatic ring is 1. The van der Waals surface area contributed by atoms with Crippen LogP contribution in [0.2, 0.25) is 5.28 Å². The summed E-state index contributed by atoms with van der Waals surface area (Å²) in [6, 6.07) is 6.27. The molecule has 2 aromatic rings. The predicted molar refractivity (Wildman–Crippen MR) is 71.5 cm³/mol. The Bertz CT molecular complexity index is 508. The fourth-order valence-electron chi connectivity index (χ4n) is 1.36. The van der Waals surface area contributed by atoms with Gasteiger partial charge in [-0.2, -0.15) is 0 Å². The summed E-state index contributed by atoms with van der Waals surface area (Å²) in [7, 11) is 0. The monoisotopic (exact) mass is 265 g/mol. The minimum atomic E-state index is 0.215. The minimum absolute atomic E-state index is 0.215. The summed E-state index contributed by atoms with van der Waals surface area (Å²) in [5, 5.41) is 0.908. The van der Waals surface area contributed by atoms with E-state index in [1.807, 2.05) is 0 Å². The number of nitrogens with zero attached hydrogens (tertiary/aromatic N) is 2. The van der Waals surface area contributed by atoms with Gasteiger partial charge in [0.25, 0.3) is 0 Å². The number of hydrogen-bond acceptors (Lipinski definition) is 4. The SMILES string of the molecule is Cc1ccc(C)c(Sc2nc(Cl)ncc2N)c1. The van der Waals surface area contributed by atoms with Gasteiger partial charge in [0.05, 0.1) is 11.9 Å². The van der Waals surface area contributed by atoms with Crippen LogP contribution >= 0.6 is 23.4 Å². The van der Waals surface area contributed by atoms with Gasteiger partial charge in [0, 0.05) is 4.90 Å². The van der Waals surface area contributed by atoms with Crippen LogP contribution in [-0.4, -0.2) is 9.97 Å². The Morgan fingerprint density at radius 3 is 2.82 bits per heavy atom. The van der Waals surface area contributed by atoms with E-state index in [9.17, 15) is 0 Å². The number of nitrogens with two attached hydrogens (primary N) is 1. The molecule has 0 spiro atoms. The molecule has 0 saturated carbocycles. The summed E-state index contributed by atoms with van der Waals surface area (Å²) in [5.74, 6) is 0. The van der Waals surface area contributed by atoms with Crippen LogP contribution in [0.5, 0.6) is 0 Å². The molecule has 0 aliphatic carbocycles. The molecule has 0 unspecified atom stereocenters. The van der Waals surface area contributed by atoms with Crippen molar-refractivity contribution >= 4 is 29.1 Å². The molecule has 0 amide bonds. The molecule has 1 heterocycles. The topological polar surface area (TPSA) is 51.8 Å². The van der Waals surface area contributed by atoms with Crippen LogP contribution < -0.4 is 5.73 Å². The van der Waals surface area contributed by atoms with Crippen molar-refractivity contribution in [2.24, 2.45) is 0 Å². The zero-order valence-electron chi connectivity index (χ0n) is 9.57. The molecule has 0 fully saturated rings. The molecule has 3 nitrogen and oxygen atoms in total. The summed E-state index contributed by atoms with van der Waals surface area (Å²) >= 11 is 7.27. The maximum absolute atomic E-state index is 5.82. The van der Waals surface area contributed by atoms with E-state index in [4.69, 9.17) is 17.3 Å². The average molecular weight is 266 g/mol. The number of aromatic nitrogens is 2. The third-order valence-electron chi connectivity index (χ3n) is 2.30. The normalized spacial score (nSPS) is 10.5. The van der Waals surface area contributed by atoms with Crippen molar-refractivity contribution in [3.05, 3.63) is 40.8 Å². The van der Waals surface area contributed by atoms with Crippen molar-refractivity contribution in [1.82, 2.24) is 9.97 Å². The van der Waals surface area contributed by atoms with Crippen molar-refractivity contribution < 1.29 is 0 Å². The quantitative estimate of drug-likeness (QED) is 0.667. The van der Waals surface area contributed by atoms with Gasteiger partial charge in [0.2, 0.25) is 5.28 Å². The van der Waals surface area contributed by atoms with Crippen LogP contribution in [0.4, 0.5) is 5.69 Å². The molecule has 1 aromatic heterocycles. The summed E-state index contributed by atoms with van der Waals surface area (Å²) in [5.41, 5.74) is 8.76. The van der Waals surface area contributed by atoms with E-state index in [1.165, 1.54) is 29.1 Å². The van der Waals surface area contributed by atoms with E-state index in [-0.39, 0.29) is 5.28 Å². The fourth-order valence-corrected chi connectivity index (χ4v) is 2.53. The molecule has 0 aliphatic rings. The first kappa shape index (κ1) is 12.2. The van der Waals surface area contributed by atoms with Crippen LogP contribution in [0, 0.1) is 13.8 Å². The van der Waals surface area contributed by atoms with Crippen LogP contribution in [-0.2, 0) is 0 Å². The van der Waals surface area contributed by atoms with Gasteiger partial charge in [0.15, 0.2) is 0 Å². The molecular formula is C12H12ClN3S. The number of aryl methyl sites for hydroxylation is 2. The Labute approximate surface area is 109 Å². The minimum Gasteiger partial charge on any atom is -0.395 e. The number of rotatable bonds is 2. The van der Waals surface area contributed by atoms with E-state index >= 15 is 0 Å². The van der Waals surface area contributed by atoms with Gasteiger partial charge in [-0.15, -0.1) is 0 Å². The zero-order valence-corrected chi connectivity index (χ0v) is 11.1. The maximum atomic E-state index is 5.82. The average Bonchev–Trinajstić information content (AvgIpc) is 2.28. The number of hydrogen-bond donors (Lipinski definition) is 1. The fraction of sp³-hybridized carbons (Fsp3) is 0.167. The van der Waals surface area contributed by atoms with Crippen molar-refractivity contribution in [3.63, 3.8) is 0 Å². The van der Waals surface area contributed by atoms with Crippen molar-refractivity contribution in [2.45, 2.75) is 23.8 Å². The lowest BCUT2D eigenvalue weighted by Crippen LogP contribution is -1.95. The van der Waals surface area contributed by atoms with E-state index in [0.717, 1.165) is 4.90 Å². The van der Waals surface area contributed by atoms with Gasteiger partial charge in [-0.25, -0.2) is 9.97 Å². The van der Waals surface area contributed by atoms with Crippen LogP contribution in [0.25, 0.3) is 0 Å². The highest BCUT2D eigenvalue weighted by molar-refractivity contribution is 7.99. The number of halogens is 1. The highest BCUT2D eigenvalue weighted by Gasteiger charge is 2.07. The van der Waals surface area contributed by atoms with Crippen LogP contribution in [0.3, 0.4) is 0 Å². The molecule has 88 valence electrons. The summed E-state index contributed by atoms with van der Waals surface area (Å²) in [4.78, 5) is 9.10. The summed E-state index contributed by atoms with van der Waals surface area (Å²) < 4.78 is 0. The van der Waals surface area contributed by atoms with Crippen LogP contribution in [0.1, 0.15) is 11.1 Å². The Hall–Kier alpha value is -1.26. The van der Waals surface area contributed by atoms with E-state index in [1.54, 1.807) is 0 Å². The molecule has 2 rings (SSSR count). The second-order valence-corrected chi connectivity index (χ2v) is 5.14. The lowest BCUT2D eigenvalue weighted by molar-refractivity contribution is 1.05. The summed E-state index contributed by atoms with van der Waals surface area (Å²) in [6.07, 6.45) is 1.53. The van der Waals surface area contributed by atoms with Crippen molar-refractivity contribution in [2.75, 3.05) is 5.73 Å². The Balaban J connectivity index is 2.37. The standard InChI is InChI=1S/C12H12ClN3S/c1-7-3-4-8(2)10(5-7)17-11-9(14)6-15-12(13)16-11/h3-6H,14H2,1-2H3. The van der Waals surface area contributed by atoms with E-state index in [2.05, 4.69) is 42.0 Å². The maximum Gasteiger partial charge on any atom is 0.223 e. The van der Waals surface area contributed by atoms with Gasteiger partial charge < -0.3 is 5.73 Å². The van der Waals surface area contributed by atoms with Crippen LogP contribution in [0.15, 0.2) is 34.3 Å². The van der Waals surface area contributed by atoms with Gasteiger partial charge in [-0.1, -0.05) is 23.9 Å². The molecule has 0 saturated heterocycles. The van der Waals surface area contributed by atoms with Gasteiger partial charge >= 0.3 is 0 Å². The van der Waals surface area contributed by atoms with Gasteiger partial charge in [0.1, 0.15) is 5.03 Å². The number of anilines is 1. The first-order valence-corrected chi connectivity index (χ1v) is 6.29. The summed E-state index contributed by atoms with van der Waals surface area (Å²) in [6.45, 7) is 4.11. The van der Waals surface area contributed by atoms with E-state index < -0.39 is 0 Å². The van der Waals surface area contributed by atoms with E-state index in [0.29, 0.717) is 10.7 Å². The molecule has 0 bridgehead atoms. The Morgan fingerprint density at radius 1 is 1.29 bits per heavy atom. The molecule has 5 heteroatoms. The highest BCUT2D eigenvalue weighted by Crippen LogP contribution is 2.33. The largest absolute Gasteiger partial charge is 0.395 e. The molecule has 0 atom stereocenters. The molecular weight excluding hydrogens is 254 g/mol. The molecule has 0 radical (unpaired) electrons. The third kappa shape index (κ3) is 2.90. The molecule has 2 N–H and O–H groups in total. The molecule has 0 aliphatic heterocycles. The zero-order chi connectivity index (χ0) is 12.4. The number of benzene rings is 1. The smallest absolute Gasteiger partial charge is 0.223 e. The second-order valence-electron chi connectivity index (χ2n) is 3.77. The Kier molecular flexibility index (Phi) is 3.54. The van der Waals surface area contributed by atoms with Gasteiger partial charge in [-0.3, -0.25) is 0 Å². The molecule has 1 aromatic carbocycles. The molecule has 17 heavy (non-hydrogen) atoms. The van der Waals surface area contributed by atoms with Crippen molar-refractivity contribution in [1.29, 1.82) is 0 Å². The highest BCUT2D eigenvalue weighted by atomic mass is 35.5. The van der Waals surface area contributed by atoms with Crippen molar-refractivity contribution in [3.8, 4) is 0 Å². The van der Waals surface area contributed by atoms with Gasteiger partial charge in [-0.05, 0) is 42.6 Å². The lowest BCUT2D eigenvalue weighted by Gasteiger charge is -2.07. The predicted octanol–water partition coefficient (Wildman–Crippen LogP) is 3.48. The Morgan fingerprint density at radius 2 is 2.06 bits per heavy atom. The third-order valence-corrected chi connectivity index (χ3v) is 3.66. The second kappa shape index (κ2) is 4.94. The first-order chi connectivity index (χ1) is 8.06.